The summed E-state index contributed by atoms with van der Waals surface area (Å²) in [5, 5.41) is 0. The molecule has 27 heavy (non-hydrogen) atoms. The molecule has 0 spiro atoms. The minimum atomic E-state index is -3.71. The zero-order valence-electron chi connectivity index (χ0n) is 15.2. The van der Waals surface area contributed by atoms with E-state index in [9.17, 15) is 13.2 Å². The van der Waals surface area contributed by atoms with Gasteiger partial charge in [-0.1, -0.05) is 18.2 Å². The second kappa shape index (κ2) is 8.54. The van der Waals surface area contributed by atoms with Crippen LogP contribution in [-0.2, 0) is 19.5 Å². The van der Waals surface area contributed by atoms with Gasteiger partial charge in [0.05, 0.1) is 22.3 Å². The number of hydrogen-bond donors (Lipinski definition) is 0. The maximum absolute atomic E-state index is 12.9. The summed E-state index contributed by atoms with van der Waals surface area (Å²) in [5.74, 6) is -0.482. The van der Waals surface area contributed by atoms with Crippen molar-refractivity contribution in [3.8, 4) is 0 Å². The van der Waals surface area contributed by atoms with Gasteiger partial charge in [0.15, 0.2) is 0 Å². The molecule has 0 aliphatic carbocycles. The summed E-state index contributed by atoms with van der Waals surface area (Å²) in [6, 6.07) is 14.7. The maximum Gasteiger partial charge on any atom is 0.338 e. The number of benzene rings is 2. The van der Waals surface area contributed by atoms with Crippen LogP contribution in [0, 0.1) is 0 Å². The van der Waals surface area contributed by atoms with E-state index >= 15 is 0 Å². The Bertz CT molecular complexity index is 859. The van der Waals surface area contributed by atoms with Crippen LogP contribution < -0.4 is 4.31 Å². The Morgan fingerprint density at radius 1 is 1.15 bits per heavy atom. The largest absolute Gasteiger partial charge is 0.459 e. The summed E-state index contributed by atoms with van der Waals surface area (Å²) < 4.78 is 37.9. The second-order valence-corrected chi connectivity index (χ2v) is 8.13. The van der Waals surface area contributed by atoms with Crippen LogP contribution >= 0.6 is 0 Å². The van der Waals surface area contributed by atoms with E-state index in [-0.39, 0.29) is 17.6 Å². The molecule has 0 radical (unpaired) electrons. The second-order valence-electron chi connectivity index (χ2n) is 6.26. The zero-order chi connectivity index (χ0) is 19.3. The molecule has 0 aromatic heterocycles. The van der Waals surface area contributed by atoms with Crippen molar-refractivity contribution in [2.24, 2.45) is 0 Å². The summed E-state index contributed by atoms with van der Waals surface area (Å²) >= 11 is 0. The molecule has 2 aromatic rings. The highest BCUT2D eigenvalue weighted by Crippen LogP contribution is 2.23. The third kappa shape index (κ3) is 4.48. The van der Waals surface area contributed by atoms with Gasteiger partial charge in [-0.2, -0.15) is 0 Å². The van der Waals surface area contributed by atoms with Crippen LogP contribution in [0.3, 0.4) is 0 Å². The van der Waals surface area contributed by atoms with Crippen LogP contribution in [0.25, 0.3) is 0 Å². The lowest BCUT2D eigenvalue weighted by Gasteiger charge is -2.23. The fourth-order valence-electron chi connectivity index (χ4n) is 3.00. The predicted molar refractivity (Wildman–Crippen MR) is 102 cm³/mol. The minimum absolute atomic E-state index is 0.0439. The van der Waals surface area contributed by atoms with Gasteiger partial charge in [-0.15, -0.1) is 0 Å². The molecule has 0 unspecified atom stereocenters. The first-order valence-electron chi connectivity index (χ1n) is 8.99. The molecule has 1 atom stereocenters. The van der Waals surface area contributed by atoms with Gasteiger partial charge < -0.3 is 9.47 Å². The zero-order valence-corrected chi connectivity index (χ0v) is 16.0. The van der Waals surface area contributed by atoms with Gasteiger partial charge in [-0.05, 0) is 56.2 Å². The number of hydrogen-bond acceptors (Lipinski definition) is 5. The minimum Gasteiger partial charge on any atom is -0.459 e. The number of esters is 1. The first-order valence-corrected chi connectivity index (χ1v) is 10.4. The number of nitrogens with zero attached hydrogens (tertiary/aromatic N) is 1. The Labute approximate surface area is 159 Å². The van der Waals surface area contributed by atoms with Crippen LogP contribution in [0.15, 0.2) is 59.5 Å². The van der Waals surface area contributed by atoms with Crippen molar-refractivity contribution in [1.82, 2.24) is 0 Å². The van der Waals surface area contributed by atoms with Crippen molar-refractivity contribution in [2.75, 3.05) is 24.1 Å². The molecule has 144 valence electrons. The maximum atomic E-state index is 12.9. The standard InChI is InChI=1S/C20H23NO5S/c1-2-21(17-7-4-3-5-8-17)27(23,24)19-12-10-16(11-13-19)20(22)26-15-18-9-6-14-25-18/h3-5,7-8,10-13,18H,2,6,9,14-15H2,1H3/t18-/m1/s1. The van der Waals surface area contributed by atoms with E-state index in [4.69, 9.17) is 9.47 Å². The molecule has 1 heterocycles. The SMILES string of the molecule is CCN(c1ccccc1)S(=O)(=O)c1ccc(C(=O)OC[C@H]2CCCO2)cc1. The van der Waals surface area contributed by atoms with E-state index < -0.39 is 16.0 Å². The van der Waals surface area contributed by atoms with Crippen molar-refractivity contribution < 1.29 is 22.7 Å². The molecule has 0 bridgehead atoms. The molecular weight excluding hydrogens is 366 g/mol. The lowest BCUT2D eigenvalue weighted by Crippen LogP contribution is -2.30. The van der Waals surface area contributed by atoms with Crippen LogP contribution in [0.1, 0.15) is 30.1 Å². The normalized spacial score (nSPS) is 16.9. The van der Waals surface area contributed by atoms with Crippen molar-refractivity contribution in [3.05, 3.63) is 60.2 Å². The summed E-state index contributed by atoms with van der Waals surface area (Å²) in [5.41, 5.74) is 0.912. The molecule has 0 saturated carbocycles. The van der Waals surface area contributed by atoms with Crippen LogP contribution in [-0.4, -0.2) is 40.2 Å². The Hall–Kier alpha value is -2.38. The number of rotatable bonds is 7. The predicted octanol–water partition coefficient (Wildman–Crippen LogP) is 3.24. The number of carbonyl (C=O) groups is 1. The van der Waals surface area contributed by atoms with Crippen LogP contribution in [0.4, 0.5) is 5.69 Å². The average Bonchev–Trinajstić information content (AvgIpc) is 3.21. The summed E-state index contributed by atoms with van der Waals surface area (Å²) in [4.78, 5) is 12.3. The summed E-state index contributed by atoms with van der Waals surface area (Å²) in [6.07, 6.45) is 1.82. The molecule has 7 heteroatoms. The molecule has 0 N–H and O–H groups in total. The van der Waals surface area contributed by atoms with Gasteiger partial charge in [0.2, 0.25) is 0 Å². The van der Waals surface area contributed by atoms with Gasteiger partial charge in [-0.25, -0.2) is 13.2 Å². The quantitative estimate of drug-likeness (QED) is 0.680. The highest BCUT2D eigenvalue weighted by molar-refractivity contribution is 7.92. The van der Waals surface area contributed by atoms with E-state index in [0.29, 0.717) is 24.4 Å². The van der Waals surface area contributed by atoms with Crippen LogP contribution in [0.2, 0.25) is 0 Å². The Morgan fingerprint density at radius 2 is 1.85 bits per heavy atom. The van der Waals surface area contributed by atoms with E-state index in [2.05, 4.69) is 0 Å². The highest BCUT2D eigenvalue weighted by atomic mass is 32.2. The smallest absolute Gasteiger partial charge is 0.338 e. The first kappa shape index (κ1) is 19.4. The Morgan fingerprint density at radius 3 is 2.44 bits per heavy atom. The lowest BCUT2D eigenvalue weighted by atomic mass is 10.2. The number of carbonyl (C=O) groups excluding carboxylic acids is 1. The van der Waals surface area contributed by atoms with E-state index in [1.807, 2.05) is 6.07 Å². The number of anilines is 1. The highest BCUT2D eigenvalue weighted by Gasteiger charge is 2.24. The summed E-state index contributed by atoms with van der Waals surface area (Å²) in [7, 11) is -3.71. The molecule has 1 fully saturated rings. The van der Waals surface area contributed by atoms with Gasteiger partial charge in [0.1, 0.15) is 6.61 Å². The fraction of sp³-hybridized carbons (Fsp3) is 0.350. The molecule has 6 nitrogen and oxygen atoms in total. The molecule has 1 aliphatic heterocycles. The molecule has 1 aliphatic rings. The first-order chi connectivity index (χ1) is 13.0. The molecular formula is C20H23NO5S. The Kier molecular flexibility index (Phi) is 6.13. The number of para-hydroxylation sites is 1. The Balaban J connectivity index is 1.72. The van der Waals surface area contributed by atoms with Gasteiger partial charge >= 0.3 is 5.97 Å². The number of ether oxygens (including phenoxy) is 2. The van der Waals surface area contributed by atoms with E-state index in [1.54, 1.807) is 31.2 Å². The third-order valence-corrected chi connectivity index (χ3v) is 6.35. The van der Waals surface area contributed by atoms with Gasteiger partial charge in [0, 0.05) is 13.2 Å². The van der Waals surface area contributed by atoms with Crippen molar-refractivity contribution in [1.29, 1.82) is 0 Å². The molecule has 1 saturated heterocycles. The van der Waals surface area contributed by atoms with Crippen LogP contribution in [0.5, 0.6) is 0 Å². The molecule has 3 rings (SSSR count). The van der Waals surface area contributed by atoms with Gasteiger partial charge in [-0.3, -0.25) is 4.31 Å². The van der Waals surface area contributed by atoms with E-state index in [0.717, 1.165) is 12.8 Å². The third-order valence-electron chi connectivity index (χ3n) is 4.43. The topological polar surface area (TPSA) is 72.9 Å². The molecule has 2 aromatic carbocycles. The van der Waals surface area contributed by atoms with Crippen molar-refractivity contribution >= 4 is 21.7 Å². The van der Waals surface area contributed by atoms with Crippen molar-refractivity contribution in [3.63, 3.8) is 0 Å². The monoisotopic (exact) mass is 389 g/mol. The number of sulfonamides is 1. The fourth-order valence-corrected chi connectivity index (χ4v) is 4.48. The molecule has 0 amide bonds. The van der Waals surface area contributed by atoms with Gasteiger partial charge in [0.25, 0.3) is 10.0 Å². The van der Waals surface area contributed by atoms with E-state index in [1.165, 1.54) is 28.6 Å². The summed E-state index contributed by atoms with van der Waals surface area (Å²) in [6.45, 7) is 3.00. The van der Waals surface area contributed by atoms with Crippen molar-refractivity contribution in [2.45, 2.75) is 30.8 Å². The lowest BCUT2D eigenvalue weighted by molar-refractivity contribution is 0.0161. The average molecular weight is 389 g/mol.